The molecule has 0 amide bonds. The zero-order valence-electron chi connectivity index (χ0n) is 8.30. The maximum absolute atomic E-state index is 11.2. The molecule has 0 spiro atoms. The number of esters is 1. The van der Waals surface area contributed by atoms with Gasteiger partial charge in [0.05, 0.1) is 6.61 Å². The van der Waals surface area contributed by atoms with Crippen molar-refractivity contribution in [3.8, 4) is 0 Å². The summed E-state index contributed by atoms with van der Waals surface area (Å²) >= 11 is 10.7. The molecule has 78 valence electrons. The predicted molar refractivity (Wildman–Crippen MR) is 53.4 cm³/mol. The van der Waals surface area contributed by atoms with Crippen LogP contribution in [-0.2, 0) is 9.53 Å². The Morgan fingerprint density at radius 2 is 1.92 bits per heavy atom. The number of ether oxygens (including phenoxy) is 1. The largest absolute Gasteiger partial charge is 0.464 e. The van der Waals surface area contributed by atoms with Gasteiger partial charge in [0.25, 0.3) is 0 Å². The van der Waals surface area contributed by atoms with Crippen LogP contribution < -0.4 is 0 Å². The minimum atomic E-state index is -0.634. The van der Waals surface area contributed by atoms with Gasteiger partial charge >= 0.3 is 5.97 Å². The molecule has 13 heavy (non-hydrogen) atoms. The predicted octanol–water partition coefficient (Wildman–Crippen LogP) is 2.57. The first-order valence-electron chi connectivity index (χ1n) is 4.01. The summed E-state index contributed by atoms with van der Waals surface area (Å²) in [5, 5.41) is 0. The third-order valence-electron chi connectivity index (χ3n) is 1.28. The van der Waals surface area contributed by atoms with E-state index >= 15 is 0 Å². The Balaban J connectivity index is 3.89. The SMILES string of the molecule is CC(C(=O)OCC(C)(C)C)N(Cl)Cl. The first-order chi connectivity index (χ1) is 5.74. The van der Waals surface area contributed by atoms with E-state index in [-0.39, 0.29) is 5.41 Å². The second-order valence-corrected chi connectivity index (χ2v) is 5.00. The molecule has 0 aliphatic carbocycles. The summed E-state index contributed by atoms with van der Waals surface area (Å²) in [6.45, 7) is 7.86. The summed E-state index contributed by atoms with van der Waals surface area (Å²) in [4.78, 5) is 11.2. The van der Waals surface area contributed by atoms with E-state index < -0.39 is 12.0 Å². The number of nitrogens with zero attached hydrogens (tertiary/aromatic N) is 1. The lowest BCUT2D eigenvalue weighted by Crippen LogP contribution is -2.30. The van der Waals surface area contributed by atoms with Gasteiger partial charge in [-0.25, -0.2) is 0 Å². The summed E-state index contributed by atoms with van der Waals surface area (Å²) in [5.41, 5.74) is -0.0428. The van der Waals surface area contributed by atoms with Gasteiger partial charge in [0.15, 0.2) is 0 Å². The molecule has 0 heterocycles. The Bertz CT molecular complexity index is 177. The highest BCUT2D eigenvalue weighted by Crippen LogP contribution is 2.15. The zero-order chi connectivity index (χ0) is 10.6. The van der Waals surface area contributed by atoms with Crippen molar-refractivity contribution in [1.29, 1.82) is 0 Å². The van der Waals surface area contributed by atoms with Gasteiger partial charge in [0.1, 0.15) is 6.04 Å². The first-order valence-corrected chi connectivity index (χ1v) is 4.69. The second-order valence-electron chi connectivity index (χ2n) is 4.10. The lowest BCUT2D eigenvalue weighted by molar-refractivity contribution is -0.149. The smallest absolute Gasteiger partial charge is 0.325 e. The first kappa shape index (κ1) is 13.0. The van der Waals surface area contributed by atoms with E-state index in [1.807, 2.05) is 20.8 Å². The molecule has 0 N–H and O–H groups in total. The van der Waals surface area contributed by atoms with Crippen LogP contribution in [0.2, 0.25) is 0 Å². The van der Waals surface area contributed by atoms with Crippen molar-refractivity contribution in [2.45, 2.75) is 33.7 Å². The van der Waals surface area contributed by atoms with E-state index in [0.717, 1.165) is 3.94 Å². The molecule has 0 rings (SSSR count). The molecule has 0 aromatic carbocycles. The van der Waals surface area contributed by atoms with Crippen molar-refractivity contribution < 1.29 is 9.53 Å². The Labute approximate surface area is 89.2 Å². The number of rotatable bonds is 3. The van der Waals surface area contributed by atoms with Crippen LogP contribution in [0.15, 0.2) is 0 Å². The minimum Gasteiger partial charge on any atom is -0.464 e. The number of carbonyl (C=O) groups excluding carboxylic acids is 1. The van der Waals surface area contributed by atoms with E-state index in [0.29, 0.717) is 6.61 Å². The van der Waals surface area contributed by atoms with Gasteiger partial charge in [0, 0.05) is 0 Å². The average molecular weight is 228 g/mol. The van der Waals surface area contributed by atoms with Gasteiger partial charge < -0.3 is 4.74 Å². The lowest BCUT2D eigenvalue weighted by atomic mass is 9.99. The quantitative estimate of drug-likeness (QED) is 0.549. The Morgan fingerprint density at radius 1 is 1.46 bits per heavy atom. The summed E-state index contributed by atoms with van der Waals surface area (Å²) in [7, 11) is 0. The van der Waals surface area contributed by atoms with Crippen molar-refractivity contribution in [1.82, 2.24) is 3.94 Å². The lowest BCUT2D eigenvalue weighted by Gasteiger charge is -2.20. The molecule has 0 saturated heterocycles. The number of carbonyl (C=O) groups is 1. The Kier molecular flexibility index (Phi) is 5.04. The van der Waals surface area contributed by atoms with Crippen molar-refractivity contribution in [2.75, 3.05) is 6.61 Å². The van der Waals surface area contributed by atoms with Crippen LogP contribution in [-0.4, -0.2) is 22.6 Å². The van der Waals surface area contributed by atoms with Crippen LogP contribution in [0.25, 0.3) is 0 Å². The van der Waals surface area contributed by atoms with Crippen molar-refractivity contribution in [3.63, 3.8) is 0 Å². The van der Waals surface area contributed by atoms with Crippen LogP contribution >= 0.6 is 23.6 Å². The standard InChI is InChI=1S/C8H15Cl2NO2/c1-6(11(9)10)7(12)13-5-8(2,3)4/h6H,5H2,1-4H3. The summed E-state index contributed by atoms with van der Waals surface area (Å²) in [5.74, 6) is -0.417. The molecular weight excluding hydrogens is 213 g/mol. The molecule has 1 atom stereocenters. The van der Waals surface area contributed by atoms with Gasteiger partial charge in [-0.2, -0.15) is 0 Å². The van der Waals surface area contributed by atoms with E-state index in [2.05, 4.69) is 0 Å². The molecule has 0 aromatic heterocycles. The molecule has 0 radical (unpaired) electrons. The molecule has 0 aliphatic rings. The third kappa shape index (κ3) is 6.13. The summed E-state index contributed by atoms with van der Waals surface area (Å²) < 4.78 is 5.76. The number of hydrogen-bond donors (Lipinski definition) is 0. The summed E-state index contributed by atoms with van der Waals surface area (Å²) in [6.07, 6.45) is 0. The molecule has 0 bridgehead atoms. The summed E-state index contributed by atoms with van der Waals surface area (Å²) in [6, 6.07) is -0.634. The van der Waals surface area contributed by atoms with Crippen molar-refractivity contribution >= 4 is 29.5 Å². The fourth-order valence-corrected chi connectivity index (χ4v) is 0.647. The fourth-order valence-electron chi connectivity index (χ4n) is 0.488. The molecule has 1 unspecified atom stereocenters. The molecule has 0 aromatic rings. The van der Waals surface area contributed by atoms with Gasteiger partial charge in [0.2, 0.25) is 0 Å². The molecule has 0 saturated carbocycles. The van der Waals surface area contributed by atoms with Crippen LogP contribution in [0.1, 0.15) is 27.7 Å². The van der Waals surface area contributed by atoms with Crippen molar-refractivity contribution in [3.05, 3.63) is 0 Å². The highest BCUT2D eigenvalue weighted by atomic mass is 35.5. The highest BCUT2D eigenvalue weighted by Gasteiger charge is 2.22. The Morgan fingerprint density at radius 3 is 2.23 bits per heavy atom. The molecular formula is C8H15Cl2NO2. The van der Waals surface area contributed by atoms with Crippen molar-refractivity contribution in [2.24, 2.45) is 5.41 Å². The van der Waals surface area contributed by atoms with E-state index in [1.165, 1.54) is 0 Å². The van der Waals surface area contributed by atoms with E-state index in [9.17, 15) is 4.79 Å². The molecule has 3 nitrogen and oxygen atoms in total. The van der Waals surface area contributed by atoms with Gasteiger partial charge in [-0.15, -0.1) is 3.94 Å². The monoisotopic (exact) mass is 227 g/mol. The van der Waals surface area contributed by atoms with E-state index in [1.54, 1.807) is 6.92 Å². The number of hydrogen-bond acceptors (Lipinski definition) is 3. The molecule has 5 heteroatoms. The number of halogens is 2. The second kappa shape index (κ2) is 5.03. The fraction of sp³-hybridized carbons (Fsp3) is 0.875. The molecule has 0 fully saturated rings. The van der Waals surface area contributed by atoms with Crippen LogP contribution in [0, 0.1) is 5.41 Å². The normalized spacial score (nSPS) is 14.4. The Hall–Kier alpha value is 0.01000. The van der Waals surface area contributed by atoms with Crippen LogP contribution in [0.4, 0.5) is 0 Å². The molecule has 0 aliphatic heterocycles. The zero-order valence-corrected chi connectivity index (χ0v) is 9.82. The minimum absolute atomic E-state index is 0.0428. The van der Waals surface area contributed by atoms with Gasteiger partial charge in [-0.05, 0) is 35.9 Å². The van der Waals surface area contributed by atoms with Gasteiger partial charge in [-0.3, -0.25) is 4.79 Å². The van der Waals surface area contributed by atoms with Crippen LogP contribution in [0.3, 0.4) is 0 Å². The van der Waals surface area contributed by atoms with Gasteiger partial charge in [-0.1, -0.05) is 20.8 Å². The van der Waals surface area contributed by atoms with Crippen LogP contribution in [0.5, 0.6) is 0 Å². The highest BCUT2D eigenvalue weighted by molar-refractivity contribution is 6.34. The average Bonchev–Trinajstić information content (AvgIpc) is 1.97. The third-order valence-corrected chi connectivity index (χ3v) is 1.87. The maximum Gasteiger partial charge on any atom is 0.325 e. The topological polar surface area (TPSA) is 29.5 Å². The maximum atomic E-state index is 11.2. The van der Waals surface area contributed by atoms with E-state index in [4.69, 9.17) is 28.3 Å².